The van der Waals surface area contributed by atoms with E-state index in [2.05, 4.69) is 22.6 Å². The van der Waals surface area contributed by atoms with Gasteiger partial charge in [-0.25, -0.2) is 0 Å². The zero-order valence-corrected chi connectivity index (χ0v) is 10.2. The number of rotatable bonds is 3. The van der Waals surface area contributed by atoms with Crippen molar-refractivity contribution in [3.05, 3.63) is 32.9 Å². The first kappa shape index (κ1) is 11.0. The first-order chi connectivity index (χ1) is 6.16. The summed E-state index contributed by atoms with van der Waals surface area (Å²) in [7, 11) is 0. The normalized spacial score (nSPS) is 10.1. The summed E-state index contributed by atoms with van der Waals surface area (Å²) in [5, 5.41) is 0. The molecule has 0 N–H and O–H groups in total. The summed E-state index contributed by atoms with van der Waals surface area (Å²) in [4.78, 5) is 11.6. The summed E-state index contributed by atoms with van der Waals surface area (Å²) in [5.74, 6) is 0.529. The molecule has 0 spiro atoms. The van der Waals surface area contributed by atoms with Crippen LogP contribution in [0.2, 0.25) is 0 Å². The van der Waals surface area contributed by atoms with Gasteiger partial charge < -0.3 is 0 Å². The summed E-state index contributed by atoms with van der Waals surface area (Å²) in [6.45, 7) is 1.95. The van der Waals surface area contributed by atoms with Gasteiger partial charge in [0.25, 0.3) is 0 Å². The van der Waals surface area contributed by atoms with Crippen LogP contribution in [-0.2, 0) is 0 Å². The van der Waals surface area contributed by atoms with Crippen LogP contribution >= 0.6 is 34.2 Å². The molecule has 1 nitrogen and oxygen atoms in total. The van der Waals surface area contributed by atoms with Crippen molar-refractivity contribution in [1.82, 2.24) is 0 Å². The van der Waals surface area contributed by atoms with Gasteiger partial charge in [0.05, 0.1) is 0 Å². The monoisotopic (exact) mass is 308 g/mol. The molecule has 1 rings (SSSR count). The van der Waals surface area contributed by atoms with Crippen molar-refractivity contribution in [3.8, 4) is 0 Å². The predicted molar refractivity (Wildman–Crippen MR) is 63.6 cm³/mol. The second kappa shape index (κ2) is 4.96. The van der Waals surface area contributed by atoms with Crippen molar-refractivity contribution in [2.45, 2.75) is 13.3 Å². The molecule has 0 aliphatic rings. The zero-order valence-electron chi connectivity index (χ0n) is 7.31. The third-order valence-electron chi connectivity index (χ3n) is 1.82. The smallest absolute Gasteiger partial charge is 0.165 e. The topological polar surface area (TPSA) is 17.1 Å². The average molecular weight is 309 g/mol. The summed E-state index contributed by atoms with van der Waals surface area (Å²) < 4.78 is 1.01. The fourth-order valence-electron chi connectivity index (χ4n) is 1.20. The number of carbonyl (C=O) groups is 1. The lowest BCUT2D eigenvalue weighted by atomic mass is 10.0. The minimum Gasteiger partial charge on any atom is -0.294 e. The number of aryl methyl sites for hydroxylation is 1. The molecule has 0 saturated heterocycles. The second-order valence-corrected chi connectivity index (χ2v) is 4.33. The van der Waals surface area contributed by atoms with E-state index in [9.17, 15) is 4.79 Å². The van der Waals surface area contributed by atoms with Crippen LogP contribution in [0.1, 0.15) is 22.3 Å². The van der Waals surface area contributed by atoms with E-state index in [1.807, 2.05) is 25.1 Å². The molecule has 0 amide bonds. The van der Waals surface area contributed by atoms with Gasteiger partial charge in [-0.3, -0.25) is 4.79 Å². The molecule has 0 atom stereocenters. The molecule has 1 aromatic rings. The number of hydrogen-bond acceptors (Lipinski definition) is 1. The Balaban J connectivity index is 3.05. The molecule has 70 valence electrons. The highest BCUT2D eigenvalue weighted by atomic mass is 127. The Hall–Kier alpha value is -0.0900. The number of halogens is 2. The molecular weight excluding hydrogens is 298 g/mol. The maximum absolute atomic E-state index is 11.6. The van der Waals surface area contributed by atoms with Crippen LogP contribution in [0.25, 0.3) is 0 Å². The quantitative estimate of drug-likeness (QED) is 0.475. The van der Waals surface area contributed by atoms with Gasteiger partial charge in [0.15, 0.2) is 5.78 Å². The molecule has 0 aliphatic carbocycles. The van der Waals surface area contributed by atoms with Crippen LogP contribution in [-0.4, -0.2) is 11.7 Å². The van der Waals surface area contributed by atoms with Crippen LogP contribution in [0, 0.1) is 10.5 Å². The van der Waals surface area contributed by atoms with Crippen LogP contribution in [0.5, 0.6) is 0 Å². The Bertz CT molecular complexity index is 302. The summed E-state index contributed by atoms with van der Waals surface area (Å²) in [6, 6.07) is 5.84. The lowest BCUT2D eigenvalue weighted by Crippen LogP contribution is -2.04. The number of alkyl halides is 1. The summed E-state index contributed by atoms with van der Waals surface area (Å²) in [5.41, 5.74) is 1.85. The molecule has 0 heterocycles. The predicted octanol–water partition coefficient (Wildman–Crippen LogP) is 3.41. The van der Waals surface area contributed by atoms with Crippen LogP contribution in [0.4, 0.5) is 0 Å². The van der Waals surface area contributed by atoms with Crippen molar-refractivity contribution in [2.75, 3.05) is 5.88 Å². The minimum absolute atomic E-state index is 0.137. The standard InChI is InChI=1S/C10H10ClIO/c1-7-3-2-4-8(12)10(7)9(13)5-6-11/h2-4H,5-6H2,1H3. The molecule has 13 heavy (non-hydrogen) atoms. The van der Waals surface area contributed by atoms with Gasteiger partial charge in [0.1, 0.15) is 0 Å². The van der Waals surface area contributed by atoms with Crippen LogP contribution in [0.15, 0.2) is 18.2 Å². The van der Waals surface area contributed by atoms with E-state index in [1.165, 1.54) is 0 Å². The molecule has 0 aliphatic heterocycles. The second-order valence-electron chi connectivity index (χ2n) is 2.79. The largest absolute Gasteiger partial charge is 0.294 e. The van der Waals surface area contributed by atoms with Crippen molar-refractivity contribution < 1.29 is 4.79 Å². The molecule has 1 aromatic carbocycles. The van der Waals surface area contributed by atoms with Crippen molar-refractivity contribution >= 4 is 40.0 Å². The first-order valence-corrected chi connectivity index (χ1v) is 5.62. The number of ketones is 1. The van der Waals surface area contributed by atoms with Crippen LogP contribution in [0.3, 0.4) is 0 Å². The summed E-state index contributed by atoms with van der Waals surface area (Å²) in [6.07, 6.45) is 0.419. The van der Waals surface area contributed by atoms with Crippen LogP contribution < -0.4 is 0 Å². The Morgan fingerprint density at radius 2 is 2.23 bits per heavy atom. The fraction of sp³-hybridized carbons (Fsp3) is 0.300. The molecule has 3 heteroatoms. The minimum atomic E-state index is 0.137. The van der Waals surface area contributed by atoms with E-state index in [4.69, 9.17) is 11.6 Å². The highest BCUT2D eigenvalue weighted by molar-refractivity contribution is 14.1. The van der Waals surface area contributed by atoms with Gasteiger partial charge in [-0.1, -0.05) is 12.1 Å². The van der Waals surface area contributed by atoms with E-state index in [0.29, 0.717) is 12.3 Å². The van der Waals surface area contributed by atoms with E-state index in [1.54, 1.807) is 0 Å². The maximum atomic E-state index is 11.6. The van der Waals surface area contributed by atoms with Gasteiger partial charge in [-0.2, -0.15) is 0 Å². The third-order valence-corrected chi connectivity index (χ3v) is 2.91. The number of benzene rings is 1. The van der Waals surface area contributed by atoms with Crippen molar-refractivity contribution in [1.29, 1.82) is 0 Å². The van der Waals surface area contributed by atoms with Gasteiger partial charge in [0.2, 0.25) is 0 Å². The Morgan fingerprint density at radius 3 is 2.77 bits per heavy atom. The van der Waals surface area contributed by atoms with Gasteiger partial charge >= 0.3 is 0 Å². The highest BCUT2D eigenvalue weighted by Gasteiger charge is 2.11. The summed E-state index contributed by atoms with van der Waals surface area (Å²) >= 11 is 7.70. The molecule has 0 aromatic heterocycles. The van der Waals surface area contributed by atoms with E-state index < -0.39 is 0 Å². The molecule has 0 fully saturated rings. The Morgan fingerprint density at radius 1 is 1.54 bits per heavy atom. The molecule has 0 unspecified atom stereocenters. The SMILES string of the molecule is Cc1cccc(I)c1C(=O)CCCl. The zero-order chi connectivity index (χ0) is 9.84. The number of carbonyl (C=O) groups excluding carboxylic acids is 1. The van der Waals surface area contributed by atoms with Gasteiger partial charge in [-0.05, 0) is 41.1 Å². The highest BCUT2D eigenvalue weighted by Crippen LogP contribution is 2.18. The van der Waals surface area contributed by atoms with E-state index in [0.717, 1.165) is 14.7 Å². The van der Waals surface area contributed by atoms with E-state index in [-0.39, 0.29) is 5.78 Å². The number of Topliss-reactive ketones (excluding diaryl/α,β-unsaturated/α-hetero) is 1. The third kappa shape index (κ3) is 2.68. The fourth-order valence-corrected chi connectivity index (χ4v) is 2.30. The van der Waals surface area contributed by atoms with E-state index >= 15 is 0 Å². The van der Waals surface area contributed by atoms with Gasteiger partial charge in [0, 0.05) is 21.4 Å². The van der Waals surface area contributed by atoms with Crippen molar-refractivity contribution in [2.24, 2.45) is 0 Å². The van der Waals surface area contributed by atoms with Gasteiger partial charge in [-0.15, -0.1) is 11.6 Å². The maximum Gasteiger partial charge on any atom is 0.165 e. The first-order valence-electron chi connectivity index (χ1n) is 4.01. The molecular formula is C10H10ClIO. The number of hydrogen-bond donors (Lipinski definition) is 0. The lowest BCUT2D eigenvalue weighted by Gasteiger charge is -2.05. The molecule has 0 bridgehead atoms. The lowest BCUT2D eigenvalue weighted by molar-refractivity contribution is 0.0988. The molecule has 0 saturated carbocycles. The Kier molecular flexibility index (Phi) is 4.19. The molecule has 0 radical (unpaired) electrons. The Labute approximate surface area is 96.6 Å². The van der Waals surface area contributed by atoms with Crippen molar-refractivity contribution in [3.63, 3.8) is 0 Å². The average Bonchev–Trinajstić information content (AvgIpc) is 2.04.